The second-order valence-corrected chi connectivity index (χ2v) is 9.72. The molecule has 198 valence electrons. The largest absolute Gasteiger partial charge is 0.390 e. The van der Waals surface area contributed by atoms with E-state index in [2.05, 4.69) is 5.32 Å². The molecule has 6 nitrogen and oxygen atoms in total. The molecule has 0 spiro atoms. The molecule has 0 saturated carbocycles. The minimum atomic E-state index is -1.20. The van der Waals surface area contributed by atoms with Crippen LogP contribution >= 0.6 is 0 Å². The summed E-state index contributed by atoms with van der Waals surface area (Å²) >= 11 is 0. The van der Waals surface area contributed by atoms with E-state index >= 15 is 0 Å². The highest BCUT2D eigenvalue weighted by atomic mass is 19.1. The standard InChI is InChI=1S/C32H30FN3O3/c33-26-17-15-22(16-18-26)27-20-36(32(39)25-13-11-21(19-34)12-14-25)29(30(27)37)31(38)35-28(23-7-3-1-4-8-23)24-9-5-2-6-10-24/h1-18,27-30,37H,19-20,34H2,(H,35,38)/t27-,29+,30-/m1/s1. The third kappa shape index (κ3) is 5.60. The number of carbonyl (C=O) groups excluding carboxylic acids is 2. The van der Waals surface area contributed by atoms with Gasteiger partial charge in [0.1, 0.15) is 11.9 Å². The number of aliphatic hydroxyl groups excluding tert-OH is 1. The first-order valence-electron chi connectivity index (χ1n) is 12.9. The molecule has 39 heavy (non-hydrogen) atoms. The van der Waals surface area contributed by atoms with Crippen molar-refractivity contribution in [3.63, 3.8) is 0 Å². The van der Waals surface area contributed by atoms with E-state index in [1.165, 1.54) is 17.0 Å². The smallest absolute Gasteiger partial charge is 0.254 e. The van der Waals surface area contributed by atoms with Gasteiger partial charge >= 0.3 is 0 Å². The van der Waals surface area contributed by atoms with E-state index in [0.717, 1.165) is 16.7 Å². The van der Waals surface area contributed by atoms with Gasteiger partial charge in [0, 0.05) is 24.6 Å². The lowest BCUT2D eigenvalue weighted by molar-refractivity contribution is -0.127. The lowest BCUT2D eigenvalue weighted by Gasteiger charge is -2.28. The van der Waals surface area contributed by atoms with Crippen molar-refractivity contribution in [2.45, 2.75) is 30.7 Å². The second kappa shape index (κ2) is 11.6. The molecule has 0 radical (unpaired) electrons. The topological polar surface area (TPSA) is 95.7 Å². The predicted molar refractivity (Wildman–Crippen MR) is 147 cm³/mol. The lowest BCUT2D eigenvalue weighted by Crippen LogP contribution is -2.51. The Labute approximate surface area is 226 Å². The molecule has 1 heterocycles. The van der Waals surface area contributed by atoms with E-state index in [0.29, 0.717) is 17.7 Å². The summed E-state index contributed by atoms with van der Waals surface area (Å²) in [7, 11) is 0. The average molecular weight is 524 g/mol. The van der Waals surface area contributed by atoms with Crippen molar-refractivity contribution in [2.75, 3.05) is 6.54 Å². The molecule has 0 bridgehead atoms. The predicted octanol–water partition coefficient (Wildman–Crippen LogP) is 4.16. The van der Waals surface area contributed by atoms with Crippen molar-refractivity contribution in [2.24, 2.45) is 5.73 Å². The molecule has 4 aromatic rings. The van der Waals surface area contributed by atoms with E-state index in [9.17, 15) is 19.1 Å². The number of nitrogens with two attached hydrogens (primary N) is 1. The molecule has 0 aromatic heterocycles. The molecule has 4 N–H and O–H groups in total. The highest BCUT2D eigenvalue weighted by Crippen LogP contribution is 2.34. The number of amides is 2. The van der Waals surface area contributed by atoms with Crippen LogP contribution in [0.3, 0.4) is 0 Å². The van der Waals surface area contributed by atoms with Gasteiger partial charge in [0.15, 0.2) is 0 Å². The number of hydrogen-bond donors (Lipinski definition) is 3. The maximum atomic E-state index is 13.9. The molecule has 2 amide bonds. The summed E-state index contributed by atoms with van der Waals surface area (Å²) in [5.74, 6) is -1.82. The molecule has 0 unspecified atom stereocenters. The highest BCUT2D eigenvalue weighted by molar-refractivity contribution is 5.98. The van der Waals surface area contributed by atoms with Crippen molar-refractivity contribution < 1.29 is 19.1 Å². The summed E-state index contributed by atoms with van der Waals surface area (Å²) in [5.41, 5.74) is 9.36. The number of benzene rings is 4. The Morgan fingerprint density at radius 3 is 1.97 bits per heavy atom. The molecule has 1 saturated heterocycles. The summed E-state index contributed by atoms with van der Waals surface area (Å²) < 4.78 is 13.6. The fourth-order valence-corrected chi connectivity index (χ4v) is 5.18. The second-order valence-electron chi connectivity index (χ2n) is 9.72. The lowest BCUT2D eigenvalue weighted by atomic mass is 9.92. The Balaban J connectivity index is 1.49. The summed E-state index contributed by atoms with van der Waals surface area (Å²) in [6.07, 6.45) is -1.20. The molecule has 4 aromatic carbocycles. The summed E-state index contributed by atoms with van der Waals surface area (Å²) in [4.78, 5) is 29.1. The maximum Gasteiger partial charge on any atom is 0.254 e. The van der Waals surface area contributed by atoms with Gasteiger partial charge in [-0.1, -0.05) is 84.9 Å². The first-order chi connectivity index (χ1) is 19.0. The Kier molecular flexibility index (Phi) is 7.81. The van der Waals surface area contributed by atoms with Crippen LogP contribution in [0.5, 0.6) is 0 Å². The highest BCUT2D eigenvalue weighted by Gasteiger charge is 2.48. The Bertz CT molecular complexity index is 1370. The monoisotopic (exact) mass is 523 g/mol. The van der Waals surface area contributed by atoms with Gasteiger partial charge < -0.3 is 21.1 Å². The minimum Gasteiger partial charge on any atom is -0.390 e. The normalized spacial score (nSPS) is 18.8. The number of halogens is 1. The number of rotatable bonds is 7. The maximum absolute atomic E-state index is 13.9. The molecule has 1 aliphatic rings. The molecule has 1 aliphatic heterocycles. The van der Waals surface area contributed by atoms with Crippen LogP contribution in [0.4, 0.5) is 4.39 Å². The van der Waals surface area contributed by atoms with Crippen LogP contribution in [-0.4, -0.2) is 40.5 Å². The molecule has 3 atom stereocenters. The van der Waals surface area contributed by atoms with E-state index in [1.54, 1.807) is 36.4 Å². The van der Waals surface area contributed by atoms with Crippen LogP contribution in [-0.2, 0) is 11.3 Å². The zero-order valence-electron chi connectivity index (χ0n) is 21.3. The number of aliphatic hydroxyl groups is 1. The fraction of sp³-hybridized carbons (Fsp3) is 0.188. The third-order valence-electron chi connectivity index (χ3n) is 7.28. The number of nitrogens with zero attached hydrogens (tertiary/aromatic N) is 1. The Morgan fingerprint density at radius 1 is 0.872 bits per heavy atom. The van der Waals surface area contributed by atoms with Gasteiger partial charge in [-0.05, 0) is 46.5 Å². The molecular formula is C32H30FN3O3. The van der Waals surface area contributed by atoms with Crippen molar-refractivity contribution >= 4 is 11.8 Å². The van der Waals surface area contributed by atoms with Gasteiger partial charge in [0.25, 0.3) is 5.91 Å². The van der Waals surface area contributed by atoms with Gasteiger partial charge in [0.2, 0.25) is 5.91 Å². The Morgan fingerprint density at radius 2 is 1.44 bits per heavy atom. The van der Waals surface area contributed by atoms with Crippen LogP contribution in [0.1, 0.15) is 44.6 Å². The first-order valence-corrected chi connectivity index (χ1v) is 12.9. The van der Waals surface area contributed by atoms with Crippen molar-refractivity contribution in [1.82, 2.24) is 10.2 Å². The van der Waals surface area contributed by atoms with E-state index in [4.69, 9.17) is 5.73 Å². The fourth-order valence-electron chi connectivity index (χ4n) is 5.18. The SMILES string of the molecule is NCc1ccc(C(=O)N2C[C@H](c3ccc(F)cc3)[C@@H](O)[C@H]2C(=O)NC(c2ccccc2)c2ccccc2)cc1. The van der Waals surface area contributed by atoms with Gasteiger partial charge in [-0.2, -0.15) is 0 Å². The zero-order valence-corrected chi connectivity index (χ0v) is 21.3. The van der Waals surface area contributed by atoms with E-state index in [1.807, 2.05) is 60.7 Å². The zero-order chi connectivity index (χ0) is 27.4. The molecule has 0 aliphatic carbocycles. The first kappa shape index (κ1) is 26.3. The van der Waals surface area contributed by atoms with Crippen molar-refractivity contribution in [3.8, 4) is 0 Å². The van der Waals surface area contributed by atoms with Crippen molar-refractivity contribution in [1.29, 1.82) is 0 Å². The summed E-state index contributed by atoms with van der Waals surface area (Å²) in [6.45, 7) is 0.443. The van der Waals surface area contributed by atoms with Gasteiger partial charge in [0.05, 0.1) is 12.1 Å². The number of nitrogens with one attached hydrogen (secondary N) is 1. The van der Waals surface area contributed by atoms with Gasteiger partial charge in [-0.15, -0.1) is 0 Å². The molecule has 7 heteroatoms. The van der Waals surface area contributed by atoms with Crippen LogP contribution in [0.2, 0.25) is 0 Å². The van der Waals surface area contributed by atoms with Crippen LogP contribution in [0, 0.1) is 5.82 Å². The van der Waals surface area contributed by atoms with Crippen LogP contribution < -0.4 is 11.1 Å². The van der Waals surface area contributed by atoms with Crippen molar-refractivity contribution in [3.05, 3.63) is 143 Å². The minimum absolute atomic E-state index is 0.101. The average Bonchev–Trinajstić information content (AvgIpc) is 3.33. The van der Waals surface area contributed by atoms with Crippen LogP contribution in [0.15, 0.2) is 109 Å². The van der Waals surface area contributed by atoms with Gasteiger partial charge in [-0.25, -0.2) is 4.39 Å². The molecule has 1 fully saturated rings. The summed E-state index contributed by atoms with van der Waals surface area (Å²) in [5, 5.41) is 14.6. The number of likely N-dealkylation sites (tertiary alicyclic amines) is 1. The molecular weight excluding hydrogens is 493 g/mol. The number of hydrogen-bond acceptors (Lipinski definition) is 4. The third-order valence-corrected chi connectivity index (χ3v) is 7.28. The van der Waals surface area contributed by atoms with E-state index < -0.39 is 35.8 Å². The summed E-state index contributed by atoms with van der Waals surface area (Å²) in [6, 6.07) is 30.1. The Hall–Kier alpha value is -4.33. The van der Waals surface area contributed by atoms with Crippen LogP contribution in [0.25, 0.3) is 0 Å². The quantitative estimate of drug-likeness (QED) is 0.339. The molecule has 5 rings (SSSR count). The van der Waals surface area contributed by atoms with E-state index in [-0.39, 0.29) is 12.5 Å². The van der Waals surface area contributed by atoms with Gasteiger partial charge in [-0.3, -0.25) is 9.59 Å². The number of carbonyl (C=O) groups is 2.